The van der Waals surface area contributed by atoms with Crippen LogP contribution in [0, 0.1) is 5.92 Å². The van der Waals surface area contributed by atoms with Crippen molar-refractivity contribution in [2.75, 3.05) is 13.7 Å². The van der Waals surface area contributed by atoms with Crippen LogP contribution < -0.4 is 10.1 Å². The summed E-state index contributed by atoms with van der Waals surface area (Å²) in [5.74, 6) is 1.15. The van der Waals surface area contributed by atoms with Gasteiger partial charge in [-0.3, -0.25) is 0 Å². The largest absolute Gasteiger partial charge is 0.497 e. The van der Waals surface area contributed by atoms with Gasteiger partial charge in [-0.1, -0.05) is 19.1 Å². The minimum Gasteiger partial charge on any atom is -0.497 e. The second kappa shape index (κ2) is 6.51. The Morgan fingerprint density at radius 2 is 2.12 bits per heavy atom. The first-order valence-corrected chi connectivity index (χ1v) is 5.64. The van der Waals surface area contributed by atoms with Crippen LogP contribution in [-0.4, -0.2) is 24.9 Å². The second-order valence-electron chi connectivity index (χ2n) is 4.18. The summed E-state index contributed by atoms with van der Waals surface area (Å²) >= 11 is 0. The Balaban J connectivity index is 2.47. The Kier molecular flexibility index (Phi) is 5.29. The highest BCUT2D eigenvalue weighted by atomic mass is 16.5. The molecular weight excluding hydrogens is 202 g/mol. The van der Waals surface area contributed by atoms with E-state index in [1.54, 1.807) is 7.11 Å². The van der Waals surface area contributed by atoms with Gasteiger partial charge in [0.2, 0.25) is 0 Å². The highest BCUT2D eigenvalue weighted by Gasteiger charge is 2.09. The average Bonchev–Trinajstić information content (AvgIpc) is 2.35. The van der Waals surface area contributed by atoms with Gasteiger partial charge in [0, 0.05) is 19.2 Å². The van der Waals surface area contributed by atoms with E-state index >= 15 is 0 Å². The molecule has 16 heavy (non-hydrogen) atoms. The summed E-state index contributed by atoms with van der Waals surface area (Å²) in [5, 5.41) is 12.4. The molecule has 0 aliphatic carbocycles. The molecule has 3 heteroatoms. The van der Waals surface area contributed by atoms with Crippen LogP contribution in [0.2, 0.25) is 0 Å². The average molecular weight is 223 g/mol. The van der Waals surface area contributed by atoms with Gasteiger partial charge >= 0.3 is 0 Å². The molecule has 0 bridgehead atoms. The predicted molar refractivity (Wildman–Crippen MR) is 65.5 cm³/mol. The van der Waals surface area contributed by atoms with Gasteiger partial charge in [-0.2, -0.15) is 0 Å². The number of hydrogen-bond donors (Lipinski definition) is 2. The molecule has 0 fully saturated rings. The third kappa shape index (κ3) is 3.83. The van der Waals surface area contributed by atoms with Gasteiger partial charge in [0.1, 0.15) is 5.75 Å². The zero-order valence-corrected chi connectivity index (χ0v) is 10.2. The van der Waals surface area contributed by atoms with Gasteiger partial charge < -0.3 is 15.2 Å². The smallest absolute Gasteiger partial charge is 0.119 e. The first-order valence-electron chi connectivity index (χ1n) is 5.64. The zero-order chi connectivity index (χ0) is 12.0. The van der Waals surface area contributed by atoms with Crippen LogP contribution in [0.25, 0.3) is 0 Å². The maximum atomic E-state index is 9.02. The monoisotopic (exact) mass is 223 g/mol. The summed E-state index contributed by atoms with van der Waals surface area (Å²) in [4.78, 5) is 0. The van der Waals surface area contributed by atoms with Crippen LogP contribution in [0.3, 0.4) is 0 Å². The van der Waals surface area contributed by atoms with Crippen LogP contribution >= 0.6 is 0 Å². The van der Waals surface area contributed by atoms with Crippen LogP contribution in [-0.2, 0) is 6.54 Å². The number of hydrogen-bond acceptors (Lipinski definition) is 3. The van der Waals surface area contributed by atoms with Gasteiger partial charge in [-0.05, 0) is 30.5 Å². The van der Waals surface area contributed by atoms with E-state index in [9.17, 15) is 0 Å². The lowest BCUT2D eigenvalue weighted by Gasteiger charge is -2.19. The molecular formula is C13H21NO2. The van der Waals surface area contributed by atoms with Crippen molar-refractivity contribution in [2.45, 2.75) is 26.4 Å². The second-order valence-corrected chi connectivity index (χ2v) is 4.18. The highest BCUT2D eigenvalue weighted by Crippen LogP contribution is 2.12. The van der Waals surface area contributed by atoms with Crippen LogP contribution in [0.4, 0.5) is 0 Å². The Hall–Kier alpha value is -1.06. The molecule has 2 unspecified atom stereocenters. The number of aliphatic hydroxyl groups is 1. The maximum absolute atomic E-state index is 9.02. The van der Waals surface area contributed by atoms with E-state index in [2.05, 4.69) is 18.3 Å². The molecule has 0 aliphatic rings. The first-order chi connectivity index (χ1) is 7.67. The van der Waals surface area contributed by atoms with Crippen LogP contribution in [0.1, 0.15) is 19.4 Å². The van der Waals surface area contributed by atoms with Gasteiger partial charge in [-0.25, -0.2) is 0 Å². The van der Waals surface area contributed by atoms with Gasteiger partial charge in [0.15, 0.2) is 0 Å². The summed E-state index contributed by atoms with van der Waals surface area (Å²) in [6, 6.07) is 8.30. The molecule has 0 spiro atoms. The van der Waals surface area contributed by atoms with Crippen molar-refractivity contribution in [3.63, 3.8) is 0 Å². The van der Waals surface area contributed by atoms with Gasteiger partial charge in [0.25, 0.3) is 0 Å². The molecule has 2 N–H and O–H groups in total. The highest BCUT2D eigenvalue weighted by molar-refractivity contribution is 5.28. The van der Waals surface area contributed by atoms with E-state index in [1.165, 1.54) is 5.56 Å². The Morgan fingerprint density at radius 3 is 2.75 bits per heavy atom. The van der Waals surface area contributed by atoms with Crippen molar-refractivity contribution in [1.29, 1.82) is 0 Å². The zero-order valence-electron chi connectivity index (χ0n) is 10.2. The Morgan fingerprint density at radius 1 is 1.38 bits per heavy atom. The number of ether oxygens (including phenoxy) is 1. The van der Waals surface area contributed by atoms with Crippen molar-refractivity contribution in [3.8, 4) is 5.75 Å². The van der Waals surface area contributed by atoms with Crippen molar-refractivity contribution >= 4 is 0 Å². The molecule has 90 valence electrons. The fourth-order valence-corrected chi connectivity index (χ4v) is 1.42. The molecule has 0 heterocycles. The van der Waals surface area contributed by atoms with Crippen molar-refractivity contribution in [3.05, 3.63) is 29.8 Å². The summed E-state index contributed by atoms with van der Waals surface area (Å²) in [6.07, 6.45) is 0. The van der Waals surface area contributed by atoms with Crippen LogP contribution in [0.15, 0.2) is 24.3 Å². The summed E-state index contributed by atoms with van der Waals surface area (Å²) < 4.78 is 5.16. The van der Waals surface area contributed by atoms with E-state index in [1.807, 2.05) is 25.1 Å². The normalized spacial score (nSPS) is 14.5. The van der Waals surface area contributed by atoms with E-state index in [0.29, 0.717) is 6.04 Å². The van der Waals surface area contributed by atoms with Crippen molar-refractivity contribution in [2.24, 2.45) is 5.92 Å². The third-order valence-corrected chi connectivity index (χ3v) is 2.90. The summed E-state index contributed by atoms with van der Waals surface area (Å²) in [7, 11) is 1.67. The number of benzene rings is 1. The minimum atomic E-state index is 0.215. The lowest BCUT2D eigenvalue weighted by atomic mass is 10.0. The van der Waals surface area contributed by atoms with Crippen molar-refractivity contribution < 1.29 is 9.84 Å². The standard InChI is InChI=1S/C13H21NO2/c1-10(9-15)11(2)14-8-12-5-4-6-13(7-12)16-3/h4-7,10-11,14-15H,8-9H2,1-3H3. The molecule has 3 nitrogen and oxygen atoms in total. The number of aliphatic hydroxyl groups excluding tert-OH is 1. The summed E-state index contributed by atoms with van der Waals surface area (Å²) in [5.41, 5.74) is 1.19. The fraction of sp³-hybridized carbons (Fsp3) is 0.538. The number of methoxy groups -OCH3 is 1. The molecule has 0 aromatic heterocycles. The Labute approximate surface area is 97.4 Å². The molecule has 0 radical (unpaired) electrons. The summed E-state index contributed by atoms with van der Waals surface area (Å²) in [6.45, 7) is 5.12. The molecule has 0 aliphatic heterocycles. The molecule has 0 amide bonds. The van der Waals surface area contributed by atoms with Crippen molar-refractivity contribution in [1.82, 2.24) is 5.32 Å². The lowest BCUT2D eigenvalue weighted by Crippen LogP contribution is -2.33. The number of rotatable bonds is 6. The van der Waals surface area contributed by atoms with E-state index in [4.69, 9.17) is 9.84 Å². The van der Waals surface area contributed by atoms with E-state index in [-0.39, 0.29) is 12.5 Å². The topological polar surface area (TPSA) is 41.5 Å². The molecule has 1 aromatic rings. The SMILES string of the molecule is COc1cccc(CNC(C)C(C)CO)c1. The molecule has 1 rings (SSSR count). The fourth-order valence-electron chi connectivity index (χ4n) is 1.42. The van der Waals surface area contributed by atoms with Gasteiger partial charge in [0.05, 0.1) is 7.11 Å². The molecule has 1 aromatic carbocycles. The minimum absolute atomic E-state index is 0.215. The Bertz CT molecular complexity index is 315. The molecule has 0 saturated heterocycles. The number of nitrogens with one attached hydrogen (secondary N) is 1. The predicted octanol–water partition coefficient (Wildman–Crippen LogP) is 1.80. The molecule has 2 atom stereocenters. The van der Waals surface area contributed by atoms with Gasteiger partial charge in [-0.15, -0.1) is 0 Å². The third-order valence-electron chi connectivity index (χ3n) is 2.90. The van der Waals surface area contributed by atoms with E-state index < -0.39 is 0 Å². The lowest BCUT2D eigenvalue weighted by molar-refractivity contribution is 0.207. The van der Waals surface area contributed by atoms with E-state index in [0.717, 1.165) is 12.3 Å². The van der Waals surface area contributed by atoms with Crippen LogP contribution in [0.5, 0.6) is 5.75 Å². The first kappa shape index (κ1) is 13.0. The molecule has 0 saturated carbocycles. The quantitative estimate of drug-likeness (QED) is 0.772. The maximum Gasteiger partial charge on any atom is 0.119 e.